The Hall–Kier alpha value is -1.47. The Bertz CT molecular complexity index is 651. The first-order valence-corrected chi connectivity index (χ1v) is 10.8. The maximum atomic E-state index is 14.7. The molecule has 0 heterocycles. The normalized spacial score (nSPS) is 14.4. The van der Waals surface area contributed by atoms with Crippen LogP contribution in [0, 0.1) is 0 Å². The van der Waals surface area contributed by atoms with Crippen molar-refractivity contribution in [3.63, 3.8) is 0 Å². The molecule has 0 aliphatic heterocycles. The lowest BCUT2D eigenvalue weighted by Crippen LogP contribution is -2.41. The zero-order chi connectivity index (χ0) is 21.4. The molecule has 0 aliphatic carbocycles. The molecule has 1 amide bonds. The molecule has 9 heteroatoms. The highest BCUT2D eigenvalue weighted by Crippen LogP contribution is 2.46. The molecule has 160 valence electrons. The van der Waals surface area contributed by atoms with Crippen LogP contribution in [0.25, 0.3) is 0 Å². The van der Waals surface area contributed by atoms with Gasteiger partial charge in [0.15, 0.2) is 0 Å². The average molecular weight is 419 g/mol. The summed E-state index contributed by atoms with van der Waals surface area (Å²) in [5, 5.41) is 12.2. The number of halogens is 1. The standard InChI is InChI=1S/C19H31FNO6P/c1-6-25-28(24,26-7-2)16-10-8-14(9-11-16)17(20)12-15(13-22)21-18(23)27-19(3,4)5/h8-11,15,17,22H,6-7,12-13H2,1-5H3,(H,21,23). The van der Waals surface area contributed by atoms with Crippen molar-refractivity contribution in [1.29, 1.82) is 0 Å². The molecule has 2 N–H and O–H groups in total. The highest BCUT2D eigenvalue weighted by atomic mass is 31.2. The molecule has 28 heavy (non-hydrogen) atoms. The number of hydrogen-bond donors (Lipinski definition) is 2. The number of aliphatic hydroxyl groups excluding tert-OH is 1. The Balaban J connectivity index is 2.79. The first-order chi connectivity index (χ1) is 13.0. The lowest BCUT2D eigenvalue weighted by molar-refractivity contribution is 0.0468. The Labute approximate surface area is 166 Å². The Morgan fingerprint density at radius 2 is 1.71 bits per heavy atom. The van der Waals surface area contributed by atoms with Crippen LogP contribution in [0.5, 0.6) is 0 Å². The van der Waals surface area contributed by atoms with E-state index in [2.05, 4.69) is 5.32 Å². The number of hydrogen-bond acceptors (Lipinski definition) is 6. The second kappa shape index (κ2) is 10.9. The molecule has 0 spiro atoms. The van der Waals surface area contributed by atoms with E-state index in [0.29, 0.717) is 10.9 Å². The van der Waals surface area contributed by atoms with Crippen molar-refractivity contribution in [2.75, 3.05) is 19.8 Å². The quantitative estimate of drug-likeness (QED) is 0.560. The minimum atomic E-state index is -3.43. The van der Waals surface area contributed by atoms with Crippen LogP contribution in [0.2, 0.25) is 0 Å². The maximum Gasteiger partial charge on any atom is 0.407 e. The first kappa shape index (κ1) is 24.6. The summed E-state index contributed by atoms with van der Waals surface area (Å²) in [6.07, 6.45) is -2.30. The number of ether oxygens (including phenoxy) is 1. The predicted octanol–water partition coefficient (Wildman–Crippen LogP) is 3.86. The van der Waals surface area contributed by atoms with Gasteiger partial charge in [0.1, 0.15) is 11.8 Å². The number of carbonyl (C=O) groups is 1. The van der Waals surface area contributed by atoms with Gasteiger partial charge in [-0.2, -0.15) is 0 Å². The molecule has 2 unspecified atom stereocenters. The van der Waals surface area contributed by atoms with Crippen molar-refractivity contribution in [2.24, 2.45) is 0 Å². The Kier molecular flexibility index (Phi) is 9.57. The van der Waals surface area contributed by atoms with Crippen LogP contribution in [-0.4, -0.2) is 42.7 Å². The fraction of sp³-hybridized carbons (Fsp3) is 0.632. The molecule has 0 radical (unpaired) electrons. The monoisotopic (exact) mass is 419 g/mol. The third kappa shape index (κ3) is 7.87. The molecule has 0 fully saturated rings. The smallest absolute Gasteiger partial charge is 0.407 e. The number of rotatable bonds is 10. The SMILES string of the molecule is CCOP(=O)(OCC)c1ccc(C(F)CC(CO)NC(=O)OC(C)(C)C)cc1. The van der Waals surface area contributed by atoms with Gasteiger partial charge in [-0.15, -0.1) is 0 Å². The predicted molar refractivity (Wildman–Crippen MR) is 106 cm³/mol. The molecule has 1 aromatic rings. The Morgan fingerprint density at radius 3 is 2.14 bits per heavy atom. The summed E-state index contributed by atoms with van der Waals surface area (Å²) in [6, 6.07) is 5.19. The summed E-state index contributed by atoms with van der Waals surface area (Å²) in [4.78, 5) is 11.8. The van der Waals surface area contributed by atoms with Crippen molar-refractivity contribution in [3.05, 3.63) is 29.8 Å². The van der Waals surface area contributed by atoms with Gasteiger partial charge in [0.05, 0.1) is 31.2 Å². The van der Waals surface area contributed by atoms with E-state index in [1.165, 1.54) is 24.3 Å². The maximum absolute atomic E-state index is 14.7. The molecule has 1 rings (SSSR count). The molecule has 0 saturated carbocycles. The van der Waals surface area contributed by atoms with Gasteiger partial charge in [0, 0.05) is 6.42 Å². The fourth-order valence-corrected chi connectivity index (χ4v) is 4.00. The van der Waals surface area contributed by atoms with E-state index < -0.39 is 38.1 Å². The first-order valence-electron chi connectivity index (χ1n) is 9.28. The zero-order valence-electron chi connectivity index (χ0n) is 17.1. The fourth-order valence-electron chi connectivity index (χ4n) is 2.43. The minimum Gasteiger partial charge on any atom is -0.444 e. The molecule has 0 aromatic heterocycles. The van der Waals surface area contributed by atoms with Crippen LogP contribution in [-0.2, 0) is 18.3 Å². The topological polar surface area (TPSA) is 94.1 Å². The van der Waals surface area contributed by atoms with Crippen LogP contribution in [0.1, 0.15) is 52.8 Å². The van der Waals surface area contributed by atoms with Crippen LogP contribution in [0.3, 0.4) is 0 Å². The molecule has 2 atom stereocenters. The third-order valence-corrected chi connectivity index (χ3v) is 5.73. The van der Waals surface area contributed by atoms with Crippen molar-refractivity contribution >= 4 is 19.0 Å². The van der Waals surface area contributed by atoms with Gasteiger partial charge in [0.25, 0.3) is 0 Å². The lowest BCUT2D eigenvalue weighted by Gasteiger charge is -2.23. The molecular formula is C19H31FNO6P. The van der Waals surface area contributed by atoms with E-state index in [4.69, 9.17) is 13.8 Å². The van der Waals surface area contributed by atoms with E-state index in [9.17, 15) is 18.9 Å². The van der Waals surface area contributed by atoms with E-state index >= 15 is 0 Å². The number of alkyl halides is 1. The second-order valence-corrected chi connectivity index (χ2v) is 9.18. The van der Waals surface area contributed by atoms with Gasteiger partial charge in [-0.3, -0.25) is 4.57 Å². The van der Waals surface area contributed by atoms with Gasteiger partial charge in [-0.1, -0.05) is 12.1 Å². The van der Waals surface area contributed by atoms with E-state index in [1.54, 1.807) is 34.6 Å². The van der Waals surface area contributed by atoms with Gasteiger partial charge < -0.3 is 24.2 Å². The highest BCUT2D eigenvalue weighted by Gasteiger charge is 2.27. The summed E-state index contributed by atoms with van der Waals surface area (Å²) in [7, 11) is -3.43. The van der Waals surface area contributed by atoms with Crippen molar-refractivity contribution in [1.82, 2.24) is 5.32 Å². The number of nitrogens with one attached hydrogen (secondary N) is 1. The zero-order valence-corrected chi connectivity index (χ0v) is 18.0. The third-order valence-electron chi connectivity index (χ3n) is 3.60. The van der Waals surface area contributed by atoms with E-state index in [0.717, 1.165) is 0 Å². The summed E-state index contributed by atoms with van der Waals surface area (Å²) in [5.74, 6) is 0. The molecule has 0 saturated heterocycles. The second-order valence-electron chi connectivity index (χ2n) is 7.15. The summed E-state index contributed by atoms with van der Waals surface area (Å²) in [6.45, 7) is 8.57. The number of aliphatic hydroxyl groups is 1. The highest BCUT2D eigenvalue weighted by molar-refractivity contribution is 7.62. The molecule has 7 nitrogen and oxygen atoms in total. The summed E-state index contributed by atoms with van der Waals surface area (Å²) < 4.78 is 43.0. The molecule has 1 aromatic carbocycles. The number of amides is 1. The van der Waals surface area contributed by atoms with E-state index in [1.807, 2.05) is 0 Å². The number of carbonyl (C=O) groups excluding carboxylic acids is 1. The van der Waals surface area contributed by atoms with Crippen molar-refractivity contribution < 1.29 is 32.6 Å². The minimum absolute atomic E-state index is 0.135. The molecule has 0 bridgehead atoms. The van der Waals surface area contributed by atoms with Crippen molar-refractivity contribution in [3.8, 4) is 0 Å². The average Bonchev–Trinajstić information content (AvgIpc) is 2.60. The van der Waals surface area contributed by atoms with Crippen LogP contribution in [0.15, 0.2) is 24.3 Å². The number of alkyl carbamates (subject to hydrolysis) is 1. The summed E-state index contributed by atoms with van der Waals surface area (Å²) >= 11 is 0. The molecule has 0 aliphatic rings. The van der Waals surface area contributed by atoms with Crippen LogP contribution < -0.4 is 10.6 Å². The lowest BCUT2D eigenvalue weighted by atomic mass is 10.0. The van der Waals surface area contributed by atoms with Crippen LogP contribution >= 0.6 is 7.60 Å². The van der Waals surface area contributed by atoms with Crippen molar-refractivity contribution in [2.45, 2.75) is 58.9 Å². The molecular weight excluding hydrogens is 388 g/mol. The van der Waals surface area contributed by atoms with Gasteiger partial charge in [-0.05, 0) is 52.3 Å². The number of benzene rings is 1. The van der Waals surface area contributed by atoms with E-state index in [-0.39, 0.29) is 19.6 Å². The van der Waals surface area contributed by atoms with Gasteiger partial charge >= 0.3 is 13.7 Å². The summed E-state index contributed by atoms with van der Waals surface area (Å²) in [5.41, 5.74) is -0.364. The largest absolute Gasteiger partial charge is 0.444 e. The Morgan fingerprint density at radius 1 is 1.18 bits per heavy atom. The van der Waals surface area contributed by atoms with Gasteiger partial charge in [0.2, 0.25) is 0 Å². The van der Waals surface area contributed by atoms with Crippen LogP contribution in [0.4, 0.5) is 9.18 Å². The van der Waals surface area contributed by atoms with Gasteiger partial charge in [-0.25, -0.2) is 9.18 Å².